The van der Waals surface area contributed by atoms with Gasteiger partial charge in [-0.2, -0.15) is 8.78 Å². The Morgan fingerprint density at radius 3 is 2.52 bits per heavy atom. The standard InChI is InChI=1S/C18H15ClF2N2O5S/c19-12-3-6-14-15(9-12)23(7-8-24)16(22-14)10-28-17(25)11-1-4-13(5-2-11)29(26,27)18(20)21/h1-6,9,18,24H,7-8,10H2. The first-order chi connectivity index (χ1) is 13.7. The molecular weight excluding hydrogens is 430 g/mol. The lowest BCUT2D eigenvalue weighted by Gasteiger charge is -2.09. The molecule has 0 atom stereocenters. The number of sulfone groups is 1. The van der Waals surface area contributed by atoms with Crippen molar-refractivity contribution < 1.29 is 31.8 Å². The Morgan fingerprint density at radius 1 is 1.21 bits per heavy atom. The Balaban J connectivity index is 1.78. The van der Waals surface area contributed by atoms with Crippen LogP contribution in [0.5, 0.6) is 0 Å². The minimum atomic E-state index is -4.74. The first kappa shape index (κ1) is 21.2. The SMILES string of the molecule is O=C(OCc1nc2ccc(Cl)cc2n1CCO)c1ccc(S(=O)(=O)C(F)F)cc1. The number of imidazole rings is 1. The van der Waals surface area contributed by atoms with Crippen molar-refractivity contribution in [3.05, 3.63) is 58.9 Å². The van der Waals surface area contributed by atoms with E-state index in [1.807, 2.05) is 0 Å². The number of esters is 1. The molecule has 0 amide bonds. The van der Waals surface area contributed by atoms with Crippen molar-refractivity contribution in [2.45, 2.75) is 23.8 Å². The normalized spacial score (nSPS) is 11.9. The quantitative estimate of drug-likeness (QED) is 0.562. The van der Waals surface area contributed by atoms with Gasteiger partial charge in [0.05, 0.1) is 28.1 Å². The fourth-order valence-electron chi connectivity index (χ4n) is 2.70. The molecule has 3 aromatic rings. The first-order valence-electron chi connectivity index (χ1n) is 8.29. The number of hydrogen-bond acceptors (Lipinski definition) is 6. The van der Waals surface area contributed by atoms with E-state index in [1.165, 1.54) is 0 Å². The summed E-state index contributed by atoms with van der Waals surface area (Å²) in [5, 5.41) is 9.77. The minimum Gasteiger partial charge on any atom is -0.454 e. The Morgan fingerprint density at radius 2 is 1.90 bits per heavy atom. The summed E-state index contributed by atoms with van der Waals surface area (Å²) in [5.41, 5.74) is 1.26. The highest BCUT2D eigenvalue weighted by atomic mass is 35.5. The molecule has 0 radical (unpaired) electrons. The van der Waals surface area contributed by atoms with Crippen LogP contribution in [0.25, 0.3) is 11.0 Å². The van der Waals surface area contributed by atoms with Gasteiger partial charge in [0, 0.05) is 11.6 Å². The van der Waals surface area contributed by atoms with Crippen molar-refractivity contribution in [3.63, 3.8) is 0 Å². The van der Waals surface area contributed by atoms with Crippen molar-refractivity contribution in [1.29, 1.82) is 0 Å². The molecule has 1 N–H and O–H groups in total. The summed E-state index contributed by atoms with van der Waals surface area (Å²) >= 11 is 5.99. The Labute approximate surface area is 169 Å². The van der Waals surface area contributed by atoms with Gasteiger partial charge in [-0.3, -0.25) is 0 Å². The van der Waals surface area contributed by atoms with Crippen molar-refractivity contribution >= 4 is 38.4 Å². The van der Waals surface area contributed by atoms with Crippen molar-refractivity contribution in [1.82, 2.24) is 9.55 Å². The molecule has 0 spiro atoms. The van der Waals surface area contributed by atoms with Crippen LogP contribution in [-0.4, -0.2) is 41.4 Å². The average Bonchev–Trinajstić information content (AvgIpc) is 3.03. The molecule has 2 aromatic carbocycles. The lowest BCUT2D eigenvalue weighted by Crippen LogP contribution is -2.13. The number of hydrogen-bond donors (Lipinski definition) is 1. The van der Waals surface area contributed by atoms with Crippen molar-refractivity contribution in [2.75, 3.05) is 6.61 Å². The predicted molar refractivity (Wildman–Crippen MR) is 101 cm³/mol. The van der Waals surface area contributed by atoms with Gasteiger partial charge >= 0.3 is 11.7 Å². The Bertz CT molecular complexity index is 1150. The van der Waals surface area contributed by atoms with Crippen molar-refractivity contribution in [2.24, 2.45) is 0 Å². The first-order valence-corrected chi connectivity index (χ1v) is 10.2. The molecule has 0 aliphatic carbocycles. The van der Waals surface area contributed by atoms with E-state index in [-0.39, 0.29) is 25.3 Å². The second kappa shape index (κ2) is 8.44. The Kier molecular flexibility index (Phi) is 6.15. The summed E-state index contributed by atoms with van der Waals surface area (Å²) in [6.07, 6.45) is 0. The molecule has 0 saturated carbocycles. The molecule has 0 bridgehead atoms. The van der Waals surface area contributed by atoms with E-state index in [1.54, 1.807) is 22.8 Å². The van der Waals surface area contributed by atoms with Gasteiger partial charge in [0.1, 0.15) is 12.4 Å². The lowest BCUT2D eigenvalue weighted by molar-refractivity contribution is 0.0457. The van der Waals surface area contributed by atoms with Crippen molar-refractivity contribution in [3.8, 4) is 0 Å². The van der Waals surface area contributed by atoms with Crippen LogP contribution in [0.4, 0.5) is 8.78 Å². The number of halogens is 3. The van der Waals surface area contributed by atoms with Crippen LogP contribution in [0.3, 0.4) is 0 Å². The van der Waals surface area contributed by atoms with Crippen LogP contribution in [0, 0.1) is 0 Å². The number of alkyl halides is 2. The van der Waals surface area contributed by atoms with Crippen LogP contribution < -0.4 is 0 Å². The summed E-state index contributed by atoms with van der Waals surface area (Å²) in [5.74, 6) is -3.96. The maximum absolute atomic E-state index is 12.6. The molecular formula is C18H15ClF2N2O5S. The fraction of sp³-hybridized carbons (Fsp3) is 0.222. The van der Waals surface area contributed by atoms with E-state index < -0.39 is 26.5 Å². The van der Waals surface area contributed by atoms with Gasteiger partial charge in [0.15, 0.2) is 0 Å². The maximum atomic E-state index is 12.6. The van der Waals surface area contributed by atoms with E-state index >= 15 is 0 Å². The van der Waals surface area contributed by atoms with Gasteiger partial charge in [0.2, 0.25) is 9.84 Å². The van der Waals surface area contributed by atoms with Gasteiger partial charge in [-0.15, -0.1) is 0 Å². The zero-order valence-electron chi connectivity index (χ0n) is 14.8. The molecule has 29 heavy (non-hydrogen) atoms. The molecule has 0 aliphatic rings. The number of aliphatic hydroxyl groups excluding tert-OH is 1. The van der Waals surface area contributed by atoms with Crippen LogP contribution in [0.2, 0.25) is 5.02 Å². The molecule has 1 aromatic heterocycles. The molecule has 1 heterocycles. The molecule has 11 heteroatoms. The van der Waals surface area contributed by atoms with Gasteiger partial charge in [-0.1, -0.05) is 11.6 Å². The molecule has 154 valence electrons. The van der Waals surface area contributed by atoms with Gasteiger partial charge < -0.3 is 14.4 Å². The zero-order valence-corrected chi connectivity index (χ0v) is 16.3. The lowest BCUT2D eigenvalue weighted by atomic mass is 10.2. The summed E-state index contributed by atoms with van der Waals surface area (Å²) in [6.45, 7) is -0.175. The third-order valence-electron chi connectivity index (χ3n) is 4.10. The fourth-order valence-corrected chi connectivity index (χ4v) is 3.59. The maximum Gasteiger partial charge on any atom is 0.341 e. The van der Waals surface area contributed by atoms with Crippen LogP contribution in [0.1, 0.15) is 16.2 Å². The second-order valence-corrected chi connectivity index (χ2v) is 8.30. The van der Waals surface area contributed by atoms with Gasteiger partial charge in [0.25, 0.3) is 0 Å². The van der Waals surface area contributed by atoms with E-state index in [0.29, 0.717) is 21.9 Å². The van der Waals surface area contributed by atoms with E-state index in [2.05, 4.69) is 4.98 Å². The predicted octanol–water partition coefficient (Wildman–Crippen LogP) is 3.04. The number of rotatable bonds is 7. The number of nitrogens with zero attached hydrogens (tertiary/aromatic N) is 2. The monoisotopic (exact) mass is 444 g/mol. The highest BCUT2D eigenvalue weighted by Gasteiger charge is 2.26. The van der Waals surface area contributed by atoms with E-state index in [0.717, 1.165) is 24.3 Å². The minimum absolute atomic E-state index is 0.00826. The van der Waals surface area contributed by atoms with Crippen LogP contribution in [0.15, 0.2) is 47.4 Å². The number of ether oxygens (including phenoxy) is 1. The second-order valence-electron chi connectivity index (χ2n) is 5.94. The largest absolute Gasteiger partial charge is 0.454 e. The zero-order chi connectivity index (χ0) is 21.2. The molecule has 0 fully saturated rings. The smallest absolute Gasteiger partial charge is 0.341 e. The van der Waals surface area contributed by atoms with Gasteiger partial charge in [-0.05, 0) is 42.5 Å². The molecule has 3 rings (SSSR count). The molecule has 0 unspecified atom stereocenters. The number of carbonyl (C=O) groups is 1. The highest BCUT2D eigenvalue weighted by Crippen LogP contribution is 2.22. The molecule has 0 saturated heterocycles. The number of fused-ring (bicyclic) bond motifs is 1. The van der Waals surface area contributed by atoms with E-state index in [9.17, 15) is 27.1 Å². The van der Waals surface area contributed by atoms with Gasteiger partial charge in [-0.25, -0.2) is 18.2 Å². The topological polar surface area (TPSA) is 98.5 Å². The average molecular weight is 445 g/mol. The molecule has 7 nitrogen and oxygen atoms in total. The summed E-state index contributed by atoms with van der Waals surface area (Å²) in [6, 6.07) is 9.04. The highest BCUT2D eigenvalue weighted by molar-refractivity contribution is 7.91. The summed E-state index contributed by atoms with van der Waals surface area (Å²) in [7, 11) is -4.74. The number of benzene rings is 2. The molecule has 0 aliphatic heterocycles. The third kappa shape index (κ3) is 4.39. The number of aromatic nitrogens is 2. The number of aliphatic hydroxyl groups is 1. The summed E-state index contributed by atoms with van der Waals surface area (Å²) < 4.78 is 54.8. The van der Waals surface area contributed by atoms with E-state index in [4.69, 9.17) is 16.3 Å². The van der Waals surface area contributed by atoms with Crippen LogP contribution in [-0.2, 0) is 27.7 Å². The summed E-state index contributed by atoms with van der Waals surface area (Å²) in [4.78, 5) is 16.0. The number of carbonyl (C=O) groups excluding carboxylic acids is 1. The third-order valence-corrected chi connectivity index (χ3v) is 5.73. The van der Waals surface area contributed by atoms with Crippen LogP contribution >= 0.6 is 11.6 Å². The Hall–Kier alpha value is -2.56.